The van der Waals surface area contributed by atoms with Gasteiger partial charge in [0, 0.05) is 51.3 Å². The monoisotopic (exact) mass is 586 g/mol. The highest BCUT2D eigenvalue weighted by molar-refractivity contribution is 6.00. The molecule has 3 atom stereocenters. The molecule has 0 bridgehead atoms. The zero-order chi connectivity index (χ0) is 30.4. The first-order chi connectivity index (χ1) is 20.1. The molecule has 13 heteroatoms. The molecule has 13 nitrogen and oxygen atoms in total. The number of aromatic nitrogens is 1. The van der Waals surface area contributed by atoms with Gasteiger partial charge in [-0.05, 0) is 39.0 Å². The van der Waals surface area contributed by atoms with Crippen molar-refractivity contribution in [3.8, 4) is 5.75 Å². The van der Waals surface area contributed by atoms with Crippen LogP contribution in [0.25, 0.3) is 0 Å². The van der Waals surface area contributed by atoms with Crippen LogP contribution in [0.5, 0.6) is 5.75 Å². The summed E-state index contributed by atoms with van der Waals surface area (Å²) in [6, 6.07) is 4.19. The van der Waals surface area contributed by atoms with E-state index in [1.54, 1.807) is 50.9 Å². The molecule has 2 aliphatic heterocycles. The summed E-state index contributed by atoms with van der Waals surface area (Å²) in [5, 5.41) is 19.5. The number of urea groups is 1. The van der Waals surface area contributed by atoms with Gasteiger partial charge in [0.05, 0.1) is 38.0 Å². The second-order valence-electron chi connectivity index (χ2n) is 11.1. The lowest BCUT2D eigenvalue weighted by Crippen LogP contribution is -2.50. The molecule has 4 rings (SSSR count). The Bertz CT molecular complexity index is 1240. The Labute approximate surface area is 246 Å². The standard InChI is InChI=1S/C29H42N6O7/c1-18-15-35(19(2)17-36)28(38)23-14-22(30-26(37)8-9-34-10-12-40-13-11-34)6-7-24(23)41-25(18)16-33(5)29(39)31-27-20(3)32-42-21(27)4/h6-7,14,18-19,25,36H,8-13,15-17H2,1-5H3,(H,30,37)(H,31,39)/t18-,19+,25+/m1/s1. The number of morpholine rings is 1. The first-order valence-corrected chi connectivity index (χ1v) is 14.3. The normalized spacial score (nSPS) is 20.1. The molecule has 3 heterocycles. The van der Waals surface area contributed by atoms with Gasteiger partial charge in [-0.2, -0.15) is 0 Å². The number of aryl methyl sites for hydroxylation is 2. The Hall–Kier alpha value is -3.68. The minimum Gasteiger partial charge on any atom is -0.487 e. The van der Waals surface area contributed by atoms with Crippen LogP contribution in [0.4, 0.5) is 16.2 Å². The van der Waals surface area contributed by atoms with Crippen molar-refractivity contribution < 1.29 is 33.5 Å². The van der Waals surface area contributed by atoms with E-state index in [1.807, 2.05) is 6.92 Å². The number of likely N-dealkylation sites (N-methyl/N-ethyl adjacent to an activating group) is 1. The SMILES string of the molecule is Cc1noc(C)c1NC(=O)N(C)C[C@@H]1Oc2ccc(NC(=O)CCN3CCOCC3)cc2C(=O)N([C@@H](C)CO)C[C@H]1C. The number of hydrogen-bond acceptors (Lipinski definition) is 9. The molecule has 2 aliphatic rings. The molecule has 1 aromatic carbocycles. The van der Waals surface area contributed by atoms with E-state index in [0.29, 0.717) is 61.3 Å². The molecule has 42 heavy (non-hydrogen) atoms. The van der Waals surface area contributed by atoms with E-state index in [2.05, 4.69) is 20.7 Å². The maximum atomic E-state index is 13.7. The smallest absolute Gasteiger partial charge is 0.321 e. The van der Waals surface area contributed by atoms with Gasteiger partial charge in [-0.15, -0.1) is 0 Å². The number of nitrogens with one attached hydrogen (secondary N) is 2. The second-order valence-corrected chi connectivity index (χ2v) is 11.1. The van der Waals surface area contributed by atoms with Crippen molar-refractivity contribution in [3.63, 3.8) is 0 Å². The Kier molecular flexibility index (Phi) is 10.4. The average molecular weight is 587 g/mol. The number of aliphatic hydroxyl groups excluding tert-OH is 1. The van der Waals surface area contributed by atoms with Crippen LogP contribution < -0.4 is 15.4 Å². The highest BCUT2D eigenvalue weighted by atomic mass is 16.5. The maximum Gasteiger partial charge on any atom is 0.321 e. The zero-order valence-corrected chi connectivity index (χ0v) is 25.0. The lowest BCUT2D eigenvalue weighted by atomic mass is 9.99. The van der Waals surface area contributed by atoms with Crippen LogP contribution in [0.1, 0.15) is 42.1 Å². The molecule has 1 aromatic heterocycles. The Morgan fingerprint density at radius 1 is 1.21 bits per heavy atom. The summed E-state index contributed by atoms with van der Waals surface area (Å²) >= 11 is 0. The van der Waals surface area contributed by atoms with E-state index in [-0.39, 0.29) is 42.5 Å². The van der Waals surface area contributed by atoms with Crippen molar-refractivity contribution in [2.24, 2.45) is 5.92 Å². The highest BCUT2D eigenvalue weighted by Crippen LogP contribution is 2.31. The Balaban J connectivity index is 1.50. The van der Waals surface area contributed by atoms with Gasteiger partial charge in [-0.3, -0.25) is 14.5 Å². The van der Waals surface area contributed by atoms with Crippen LogP contribution in [-0.2, 0) is 9.53 Å². The number of carbonyl (C=O) groups is 3. The summed E-state index contributed by atoms with van der Waals surface area (Å²) in [5.74, 6) is 0.224. The van der Waals surface area contributed by atoms with Crippen LogP contribution in [0, 0.1) is 19.8 Å². The fourth-order valence-electron chi connectivity index (χ4n) is 5.04. The molecule has 0 aliphatic carbocycles. The Morgan fingerprint density at radius 2 is 1.95 bits per heavy atom. The largest absolute Gasteiger partial charge is 0.487 e. The number of aliphatic hydroxyl groups is 1. The predicted molar refractivity (Wildman–Crippen MR) is 156 cm³/mol. The van der Waals surface area contributed by atoms with E-state index in [9.17, 15) is 19.5 Å². The van der Waals surface area contributed by atoms with Gasteiger partial charge < -0.3 is 39.5 Å². The quantitative estimate of drug-likeness (QED) is 0.402. The van der Waals surface area contributed by atoms with Crippen LogP contribution >= 0.6 is 0 Å². The second kappa shape index (κ2) is 14.0. The number of hydrogen-bond donors (Lipinski definition) is 3. The molecule has 0 spiro atoms. The van der Waals surface area contributed by atoms with Gasteiger partial charge in [-0.1, -0.05) is 12.1 Å². The molecule has 4 amide bonds. The van der Waals surface area contributed by atoms with Gasteiger partial charge in [0.2, 0.25) is 5.91 Å². The summed E-state index contributed by atoms with van der Waals surface area (Å²) in [6.45, 7) is 11.1. The van der Waals surface area contributed by atoms with Crippen LogP contribution in [0.2, 0.25) is 0 Å². The van der Waals surface area contributed by atoms with E-state index in [0.717, 1.165) is 13.1 Å². The molecule has 1 fully saturated rings. The van der Waals surface area contributed by atoms with E-state index < -0.39 is 12.1 Å². The van der Waals surface area contributed by atoms with Crippen molar-refractivity contribution in [1.82, 2.24) is 19.9 Å². The average Bonchev–Trinajstić information content (AvgIpc) is 3.30. The van der Waals surface area contributed by atoms with Crippen molar-refractivity contribution >= 4 is 29.2 Å². The summed E-state index contributed by atoms with van der Waals surface area (Å²) in [4.78, 5) is 44.7. The molecule has 0 radical (unpaired) electrons. The number of benzene rings is 1. The lowest BCUT2D eigenvalue weighted by Gasteiger charge is -2.38. The third-order valence-electron chi connectivity index (χ3n) is 7.77. The predicted octanol–water partition coefficient (Wildman–Crippen LogP) is 2.34. The first-order valence-electron chi connectivity index (χ1n) is 14.3. The van der Waals surface area contributed by atoms with Gasteiger partial charge in [-0.25, -0.2) is 4.79 Å². The topological polar surface area (TPSA) is 150 Å². The Morgan fingerprint density at radius 3 is 2.62 bits per heavy atom. The third-order valence-corrected chi connectivity index (χ3v) is 7.77. The number of nitrogens with zero attached hydrogens (tertiary/aromatic N) is 4. The summed E-state index contributed by atoms with van der Waals surface area (Å²) in [5.41, 5.74) is 1.86. The lowest BCUT2D eigenvalue weighted by molar-refractivity contribution is -0.116. The summed E-state index contributed by atoms with van der Waals surface area (Å²) in [7, 11) is 1.66. The van der Waals surface area contributed by atoms with Gasteiger partial charge in [0.25, 0.3) is 5.91 Å². The van der Waals surface area contributed by atoms with Gasteiger partial charge in [0.1, 0.15) is 23.2 Å². The minimum atomic E-state index is -0.473. The molecule has 230 valence electrons. The van der Waals surface area contributed by atoms with Gasteiger partial charge >= 0.3 is 6.03 Å². The first kappa shape index (κ1) is 31.3. The van der Waals surface area contributed by atoms with Crippen LogP contribution in [0.3, 0.4) is 0 Å². The van der Waals surface area contributed by atoms with Crippen molar-refractivity contribution in [1.29, 1.82) is 0 Å². The number of carbonyl (C=O) groups excluding carboxylic acids is 3. The summed E-state index contributed by atoms with van der Waals surface area (Å²) in [6.07, 6.45) is -0.156. The number of anilines is 2. The van der Waals surface area contributed by atoms with Crippen LogP contribution in [-0.4, -0.2) is 115 Å². The molecule has 3 N–H and O–H groups in total. The zero-order valence-electron chi connectivity index (χ0n) is 25.0. The fraction of sp³-hybridized carbons (Fsp3) is 0.586. The number of amides is 4. The third kappa shape index (κ3) is 7.58. The van der Waals surface area contributed by atoms with Crippen LogP contribution in [0.15, 0.2) is 22.7 Å². The van der Waals surface area contributed by atoms with Crippen molar-refractivity contribution in [2.45, 2.75) is 46.3 Å². The molecule has 0 saturated carbocycles. The fourth-order valence-corrected chi connectivity index (χ4v) is 5.04. The molecule has 2 aromatic rings. The number of rotatable bonds is 9. The number of ether oxygens (including phenoxy) is 2. The minimum absolute atomic E-state index is 0.154. The summed E-state index contributed by atoms with van der Waals surface area (Å²) < 4.78 is 16.9. The molecule has 0 unspecified atom stereocenters. The molecular formula is C29H42N6O7. The van der Waals surface area contributed by atoms with E-state index >= 15 is 0 Å². The highest BCUT2D eigenvalue weighted by Gasteiger charge is 2.34. The molecular weight excluding hydrogens is 544 g/mol. The molecule has 1 saturated heterocycles. The maximum absolute atomic E-state index is 13.7. The van der Waals surface area contributed by atoms with Gasteiger partial charge in [0.15, 0.2) is 5.76 Å². The van der Waals surface area contributed by atoms with E-state index in [4.69, 9.17) is 14.0 Å². The van der Waals surface area contributed by atoms with E-state index in [1.165, 1.54) is 4.90 Å². The van der Waals surface area contributed by atoms with Crippen molar-refractivity contribution in [3.05, 3.63) is 35.2 Å². The number of fused-ring (bicyclic) bond motifs is 1. The van der Waals surface area contributed by atoms with Crippen molar-refractivity contribution in [2.75, 3.05) is 70.2 Å².